The fraction of sp³-hybridized carbons (Fsp3) is 0.125. The van der Waals surface area contributed by atoms with Gasteiger partial charge >= 0.3 is 0 Å². The normalized spacial score (nSPS) is 10.7. The molecule has 0 saturated heterocycles. The molecule has 0 amide bonds. The average Bonchev–Trinajstić information content (AvgIpc) is 2.53. The van der Waals surface area contributed by atoms with E-state index >= 15 is 0 Å². The van der Waals surface area contributed by atoms with Crippen LogP contribution in [0.3, 0.4) is 0 Å². The predicted octanol–water partition coefficient (Wildman–Crippen LogP) is 2.70. The van der Waals surface area contributed by atoms with Gasteiger partial charge in [0.1, 0.15) is 11.6 Å². The van der Waals surface area contributed by atoms with Crippen LogP contribution in [0.2, 0.25) is 0 Å². The number of nitrogens with two attached hydrogens (primary N) is 1. The second-order valence-electron chi connectivity index (χ2n) is 4.55. The van der Waals surface area contributed by atoms with E-state index in [1.807, 2.05) is 42.5 Å². The van der Waals surface area contributed by atoms with Crippen molar-refractivity contribution in [2.75, 3.05) is 5.32 Å². The number of nitrogens with zero attached hydrogens (tertiary/aromatic N) is 2. The molecule has 0 spiro atoms. The summed E-state index contributed by atoms with van der Waals surface area (Å²) in [6, 6.07) is 18.2. The van der Waals surface area contributed by atoms with Gasteiger partial charge in [-0.1, -0.05) is 42.5 Å². The summed E-state index contributed by atoms with van der Waals surface area (Å²) in [4.78, 5) is 8.92. The van der Waals surface area contributed by atoms with Gasteiger partial charge in [0.05, 0.1) is 12.1 Å². The molecule has 0 bridgehead atoms. The van der Waals surface area contributed by atoms with Gasteiger partial charge in [-0.15, -0.1) is 0 Å². The van der Waals surface area contributed by atoms with Gasteiger partial charge in [0.25, 0.3) is 0 Å². The van der Waals surface area contributed by atoms with Gasteiger partial charge in [0, 0.05) is 11.9 Å². The lowest BCUT2D eigenvalue weighted by Crippen LogP contribution is -2.08. The Kier molecular flexibility index (Phi) is 3.56. The number of anilines is 1. The summed E-state index contributed by atoms with van der Waals surface area (Å²) in [6.45, 7) is 1.07. The smallest absolute Gasteiger partial charge is 0.144 e. The summed E-state index contributed by atoms with van der Waals surface area (Å²) in [7, 11) is 0. The van der Waals surface area contributed by atoms with E-state index in [-0.39, 0.29) is 0 Å². The van der Waals surface area contributed by atoms with E-state index in [1.54, 1.807) is 0 Å². The summed E-state index contributed by atoms with van der Waals surface area (Å²) >= 11 is 0. The van der Waals surface area contributed by atoms with Gasteiger partial charge in [-0.05, 0) is 17.7 Å². The Bertz CT molecular complexity index is 710. The zero-order valence-corrected chi connectivity index (χ0v) is 11.1. The third kappa shape index (κ3) is 2.60. The molecule has 100 valence electrons. The largest absolute Gasteiger partial charge is 0.365 e. The van der Waals surface area contributed by atoms with Crippen molar-refractivity contribution in [1.29, 1.82) is 0 Å². The Balaban J connectivity index is 1.93. The minimum absolute atomic E-state index is 0.338. The maximum Gasteiger partial charge on any atom is 0.144 e. The van der Waals surface area contributed by atoms with Crippen LogP contribution in [0.15, 0.2) is 54.6 Å². The predicted molar refractivity (Wildman–Crippen MR) is 81.2 cm³/mol. The molecule has 2 aromatic carbocycles. The standard InChI is InChI=1S/C16H16N4/c17-10-15-19-14-9-5-4-8-13(14)16(20-15)18-11-12-6-2-1-3-7-12/h1-9H,10-11,17H2,(H,18,19,20). The van der Waals surface area contributed by atoms with E-state index in [0.717, 1.165) is 23.3 Å². The molecule has 0 unspecified atom stereocenters. The Morgan fingerprint density at radius 2 is 1.65 bits per heavy atom. The van der Waals surface area contributed by atoms with Crippen LogP contribution in [0, 0.1) is 0 Å². The number of aromatic nitrogens is 2. The SMILES string of the molecule is NCc1nc(NCc2ccccc2)c2ccccc2n1. The van der Waals surface area contributed by atoms with Crippen molar-refractivity contribution in [2.45, 2.75) is 13.1 Å². The Labute approximate surface area is 117 Å². The number of rotatable bonds is 4. The van der Waals surface area contributed by atoms with Gasteiger partial charge in [0.15, 0.2) is 0 Å². The van der Waals surface area contributed by atoms with Crippen LogP contribution in [0.4, 0.5) is 5.82 Å². The van der Waals surface area contributed by atoms with Crippen molar-refractivity contribution in [3.63, 3.8) is 0 Å². The second kappa shape index (κ2) is 5.67. The molecule has 1 heterocycles. The zero-order chi connectivity index (χ0) is 13.8. The van der Waals surface area contributed by atoms with Crippen molar-refractivity contribution in [1.82, 2.24) is 9.97 Å². The third-order valence-electron chi connectivity index (χ3n) is 3.13. The van der Waals surface area contributed by atoms with Gasteiger partial charge < -0.3 is 11.1 Å². The fourth-order valence-electron chi connectivity index (χ4n) is 2.13. The lowest BCUT2D eigenvalue weighted by molar-refractivity contribution is 0.922. The fourth-order valence-corrected chi connectivity index (χ4v) is 2.13. The molecule has 0 saturated carbocycles. The Morgan fingerprint density at radius 3 is 2.45 bits per heavy atom. The van der Waals surface area contributed by atoms with Crippen LogP contribution >= 0.6 is 0 Å². The van der Waals surface area contributed by atoms with Gasteiger partial charge in [-0.3, -0.25) is 0 Å². The number of nitrogens with one attached hydrogen (secondary N) is 1. The van der Waals surface area contributed by atoms with E-state index in [1.165, 1.54) is 5.56 Å². The number of fused-ring (bicyclic) bond motifs is 1. The van der Waals surface area contributed by atoms with Crippen LogP contribution in [-0.4, -0.2) is 9.97 Å². The van der Waals surface area contributed by atoms with Gasteiger partial charge in [0.2, 0.25) is 0 Å². The molecule has 4 nitrogen and oxygen atoms in total. The average molecular weight is 264 g/mol. The molecule has 0 radical (unpaired) electrons. The van der Waals surface area contributed by atoms with Crippen molar-refractivity contribution in [3.8, 4) is 0 Å². The topological polar surface area (TPSA) is 63.8 Å². The number of para-hydroxylation sites is 1. The summed E-state index contributed by atoms with van der Waals surface area (Å²) in [5, 5.41) is 4.39. The van der Waals surface area contributed by atoms with Crippen LogP contribution in [0.1, 0.15) is 11.4 Å². The molecule has 0 atom stereocenters. The maximum atomic E-state index is 5.66. The van der Waals surface area contributed by atoms with E-state index in [0.29, 0.717) is 12.4 Å². The monoisotopic (exact) mass is 264 g/mol. The maximum absolute atomic E-state index is 5.66. The summed E-state index contributed by atoms with van der Waals surface area (Å²) in [5.41, 5.74) is 7.79. The molecule has 1 aromatic heterocycles. The quantitative estimate of drug-likeness (QED) is 0.760. The van der Waals surface area contributed by atoms with E-state index < -0.39 is 0 Å². The highest BCUT2D eigenvalue weighted by Gasteiger charge is 2.06. The first-order chi connectivity index (χ1) is 9.86. The molecular formula is C16H16N4. The van der Waals surface area contributed by atoms with Crippen molar-refractivity contribution in [2.24, 2.45) is 5.73 Å². The highest BCUT2D eigenvalue weighted by Crippen LogP contribution is 2.20. The number of hydrogen-bond acceptors (Lipinski definition) is 4. The Morgan fingerprint density at radius 1 is 0.900 bits per heavy atom. The van der Waals surface area contributed by atoms with E-state index in [4.69, 9.17) is 5.73 Å². The highest BCUT2D eigenvalue weighted by molar-refractivity contribution is 5.88. The molecule has 3 N–H and O–H groups in total. The first-order valence-electron chi connectivity index (χ1n) is 6.60. The van der Waals surface area contributed by atoms with Crippen LogP contribution < -0.4 is 11.1 Å². The van der Waals surface area contributed by atoms with Crippen LogP contribution in [-0.2, 0) is 13.1 Å². The summed E-state index contributed by atoms with van der Waals surface area (Å²) in [6.07, 6.45) is 0. The van der Waals surface area contributed by atoms with Crippen molar-refractivity contribution in [3.05, 3.63) is 66.0 Å². The molecule has 3 aromatic rings. The third-order valence-corrected chi connectivity index (χ3v) is 3.13. The lowest BCUT2D eigenvalue weighted by Gasteiger charge is -2.10. The molecular weight excluding hydrogens is 248 g/mol. The first-order valence-corrected chi connectivity index (χ1v) is 6.60. The molecule has 20 heavy (non-hydrogen) atoms. The molecule has 4 heteroatoms. The van der Waals surface area contributed by atoms with Crippen molar-refractivity contribution < 1.29 is 0 Å². The number of benzene rings is 2. The zero-order valence-electron chi connectivity index (χ0n) is 11.1. The molecule has 0 aliphatic rings. The molecule has 0 aliphatic heterocycles. The van der Waals surface area contributed by atoms with E-state index in [9.17, 15) is 0 Å². The minimum Gasteiger partial charge on any atom is -0.365 e. The summed E-state index contributed by atoms with van der Waals surface area (Å²) < 4.78 is 0. The number of hydrogen-bond donors (Lipinski definition) is 2. The van der Waals surface area contributed by atoms with E-state index in [2.05, 4.69) is 27.4 Å². The lowest BCUT2D eigenvalue weighted by atomic mass is 10.2. The Hall–Kier alpha value is -2.46. The minimum atomic E-state index is 0.338. The van der Waals surface area contributed by atoms with Crippen LogP contribution in [0.5, 0.6) is 0 Å². The van der Waals surface area contributed by atoms with Gasteiger partial charge in [-0.2, -0.15) is 0 Å². The second-order valence-corrected chi connectivity index (χ2v) is 4.55. The van der Waals surface area contributed by atoms with Crippen LogP contribution in [0.25, 0.3) is 10.9 Å². The highest BCUT2D eigenvalue weighted by atomic mass is 15.0. The van der Waals surface area contributed by atoms with Gasteiger partial charge in [-0.25, -0.2) is 9.97 Å². The molecule has 0 fully saturated rings. The van der Waals surface area contributed by atoms with Crippen molar-refractivity contribution >= 4 is 16.7 Å². The molecule has 3 rings (SSSR count). The molecule has 0 aliphatic carbocycles. The summed E-state index contributed by atoms with van der Waals surface area (Å²) in [5.74, 6) is 1.49. The first kappa shape index (κ1) is 12.6.